The van der Waals surface area contributed by atoms with Crippen molar-refractivity contribution in [1.29, 1.82) is 0 Å². The predicted molar refractivity (Wildman–Crippen MR) is 567 cm³/mol. The van der Waals surface area contributed by atoms with E-state index in [9.17, 15) is 19.2 Å². The molecule has 4 saturated heterocycles. The molecule has 12 aromatic heterocycles. The quantitative estimate of drug-likeness (QED) is 0.0395. The number of piperidine rings is 2. The Kier molecular flexibility index (Phi) is 30.0. The third-order valence-corrected chi connectivity index (χ3v) is 28.2. The molecule has 24 rings (SSSR count). The number of ether oxygens (including phenoxy) is 2. The number of tetrazole rings is 4. The Morgan fingerprint density at radius 2 is 0.600 bits per heavy atom. The molecule has 50 nitrogen and oxygen atoms in total. The van der Waals surface area contributed by atoms with Gasteiger partial charge in [-0.25, -0.2) is 58.6 Å². The summed E-state index contributed by atoms with van der Waals surface area (Å²) in [6.45, 7) is 33.8. The first-order valence-corrected chi connectivity index (χ1v) is 50.5. The highest BCUT2D eigenvalue weighted by Crippen LogP contribution is 2.39. The minimum absolute atomic E-state index is 0.143. The average molecular weight is 2030 g/mol. The predicted octanol–water partition coefficient (Wildman–Crippen LogP) is 11.2. The van der Waals surface area contributed by atoms with Crippen LogP contribution in [0.4, 0.5) is 69.8 Å². The molecular formula is C100H120N44O6. The van der Waals surface area contributed by atoms with Crippen molar-refractivity contribution in [2.24, 2.45) is 11.8 Å². The van der Waals surface area contributed by atoms with Gasteiger partial charge in [0.15, 0.2) is 0 Å². The molecule has 4 aromatic carbocycles. The molecule has 50 heteroatoms. The third kappa shape index (κ3) is 21.0. The zero-order chi connectivity index (χ0) is 105. The summed E-state index contributed by atoms with van der Waals surface area (Å²) in [6.07, 6.45) is 13.8. The molecule has 0 saturated carbocycles. The number of fused-ring (bicyclic) bond motifs is 8. The largest absolute Gasteiger partial charge is 0.375 e. The van der Waals surface area contributed by atoms with Crippen molar-refractivity contribution < 1.29 is 28.7 Å². The first-order valence-electron chi connectivity index (χ1n) is 50.5. The van der Waals surface area contributed by atoms with E-state index in [1.54, 1.807) is 53.8 Å². The Balaban J connectivity index is 0.000000124. The lowest BCUT2D eigenvalue weighted by molar-refractivity contribution is -0.114. The molecule has 776 valence electrons. The number of aromatic amines is 4. The number of morpholine rings is 2. The summed E-state index contributed by atoms with van der Waals surface area (Å²) in [5.74, 6) is 6.51. The summed E-state index contributed by atoms with van der Waals surface area (Å²) in [5.41, 5.74) is 17.4. The van der Waals surface area contributed by atoms with Gasteiger partial charge in [-0.05, 0) is 194 Å². The van der Waals surface area contributed by atoms with Crippen LogP contribution in [0, 0.1) is 11.8 Å². The molecule has 0 spiro atoms. The Morgan fingerprint density at radius 1 is 0.347 bits per heavy atom. The first kappa shape index (κ1) is 101. The summed E-state index contributed by atoms with van der Waals surface area (Å²) >= 11 is 0. The second-order valence-corrected chi connectivity index (χ2v) is 37.2. The standard InChI is InChI=1S/2C25H29N11O.2C23H25N11O2.2C2H6/c2*1-4-16-6-5-9-35(12-16)22-11-21(26-14-27-22)23-18-10-17(7-8-20(18)29-30-23)28-24(37)19-13-36-25(31-32-33-36)34(3)15(19)2;2*1-13-10-33(6-7-36-13)20-9-19(24-12-25-20)21-16-8-15(4-5-18(16)27-28-21)26-22(35)17-11-34-23(29-30-31-34)32(3)14(17)2;2*1-2/h2*7-8,10-11,14,16H,4-6,9,12-13H2,1-3H3,(H,28,37)(H,29,30);2*4-5,8-9,12-13H,6-7,10-11H2,1-3H3,(H,26,35)(H,27,28);2*1-2H3/t2*16-;2*13-;;/m1010../s1. The summed E-state index contributed by atoms with van der Waals surface area (Å²) in [5, 5.41) is 92.7. The number of hydrogen-bond acceptors (Lipinski definition) is 38. The first-order chi connectivity index (χ1) is 73.0. The van der Waals surface area contributed by atoms with Gasteiger partial charge in [0.25, 0.3) is 23.6 Å². The van der Waals surface area contributed by atoms with Gasteiger partial charge in [0.2, 0.25) is 23.8 Å². The summed E-state index contributed by atoms with van der Waals surface area (Å²) in [6, 6.07) is 30.5. The lowest BCUT2D eigenvalue weighted by Gasteiger charge is -2.33. The van der Waals surface area contributed by atoms with E-state index < -0.39 is 0 Å². The van der Waals surface area contributed by atoms with Crippen molar-refractivity contribution in [2.45, 2.75) is 160 Å². The molecule has 20 heterocycles. The number of H-pyrrole nitrogens is 4. The van der Waals surface area contributed by atoms with Gasteiger partial charge < -0.3 is 69.9 Å². The maximum absolute atomic E-state index is 13.2. The highest BCUT2D eigenvalue weighted by atomic mass is 16.5. The van der Waals surface area contributed by atoms with Gasteiger partial charge in [0.1, 0.15) is 71.4 Å². The maximum Gasteiger partial charge on any atom is 0.255 e. The topological polar surface area (TPSA) is 553 Å². The number of nitrogens with one attached hydrogen (secondary N) is 8. The van der Waals surface area contributed by atoms with Gasteiger partial charge in [-0.2, -0.15) is 20.4 Å². The summed E-state index contributed by atoms with van der Waals surface area (Å²) in [7, 11) is 7.36. The number of nitrogens with zero attached hydrogens (tertiary/aromatic N) is 36. The van der Waals surface area contributed by atoms with Crippen molar-refractivity contribution in [3.8, 4) is 45.6 Å². The van der Waals surface area contributed by atoms with Crippen molar-refractivity contribution in [2.75, 3.05) is 154 Å². The number of anilines is 12. The molecule has 8 N–H and O–H groups in total. The van der Waals surface area contributed by atoms with E-state index in [0.717, 1.165) is 165 Å². The van der Waals surface area contributed by atoms with Crippen molar-refractivity contribution in [3.63, 3.8) is 0 Å². The molecule has 4 fully saturated rings. The van der Waals surface area contributed by atoms with Crippen LogP contribution < -0.4 is 60.5 Å². The normalized spacial score (nSPS) is 17.5. The SMILES string of the molecule is CC.CC.CC1=C(C(=O)Nc2ccc3[nH]nc(-c4cc(N5CCO[C@@H](C)C5)ncn4)c3c2)Cn2nnnc2N1C.CC1=C(C(=O)Nc2ccc3[nH]nc(-c4cc(N5CCO[C@H](C)C5)ncn4)c3c2)Cn2nnnc2N1C.CC[C@@H]1CCCN(c2cc(-c3n[nH]c4ccc(NC(=O)C5=C(C)N(C)c6nnnn6C5)cc34)ncn2)C1.CC[C@H]1CCCN(c2cc(-c3n[nH]c4ccc(NC(=O)C5=C(C)N(C)c6nnnn6C5)cc34)ncn2)C1. The van der Waals surface area contributed by atoms with Gasteiger partial charge in [-0.1, -0.05) is 74.8 Å². The second-order valence-electron chi connectivity index (χ2n) is 37.2. The molecule has 0 aliphatic carbocycles. The smallest absolute Gasteiger partial charge is 0.255 e. The summed E-state index contributed by atoms with van der Waals surface area (Å²) in [4.78, 5) is 105. The Bertz CT molecular complexity index is 7340. The minimum Gasteiger partial charge on any atom is -0.375 e. The molecule has 16 aromatic rings. The Labute approximate surface area is 861 Å². The molecule has 0 radical (unpaired) electrons. The number of amides is 4. The zero-order valence-electron chi connectivity index (χ0n) is 86.5. The number of rotatable bonds is 18. The number of benzene rings is 4. The number of aromatic nitrogens is 32. The van der Waals surface area contributed by atoms with E-state index in [1.165, 1.54) is 38.5 Å². The zero-order valence-corrected chi connectivity index (χ0v) is 86.5. The third-order valence-electron chi connectivity index (χ3n) is 28.2. The number of carbonyl (C=O) groups excluding carboxylic acids is 4. The van der Waals surface area contributed by atoms with E-state index in [4.69, 9.17) is 9.47 Å². The van der Waals surface area contributed by atoms with Crippen molar-refractivity contribution in [1.82, 2.24) is 161 Å². The van der Waals surface area contributed by atoms with Crippen LogP contribution in [0.5, 0.6) is 0 Å². The molecule has 4 amide bonds. The van der Waals surface area contributed by atoms with Gasteiger partial charge in [-0.3, -0.25) is 39.6 Å². The van der Waals surface area contributed by atoms with Crippen molar-refractivity contribution >= 4 is 137 Å². The lowest BCUT2D eigenvalue weighted by Crippen LogP contribution is -2.41. The van der Waals surface area contributed by atoms with Crippen LogP contribution in [0.2, 0.25) is 0 Å². The van der Waals surface area contributed by atoms with Gasteiger partial charge in [-0.15, -0.1) is 0 Å². The molecular weight excluding hydrogens is 1910 g/mol. The monoisotopic (exact) mass is 2030 g/mol. The molecule has 150 heavy (non-hydrogen) atoms. The molecule has 4 atom stereocenters. The Hall–Kier alpha value is -17.5. The number of carbonyl (C=O) groups is 4. The minimum atomic E-state index is -0.212. The van der Waals surface area contributed by atoms with Gasteiger partial charge in [0.05, 0.1) is 119 Å². The van der Waals surface area contributed by atoms with Crippen LogP contribution in [0.1, 0.15) is 122 Å². The van der Waals surface area contributed by atoms with E-state index >= 15 is 0 Å². The van der Waals surface area contributed by atoms with Gasteiger partial charge in [0, 0.05) is 172 Å². The molecule has 8 aliphatic rings. The Morgan fingerprint density at radius 3 is 0.847 bits per heavy atom. The van der Waals surface area contributed by atoms with E-state index in [-0.39, 0.29) is 35.8 Å². The van der Waals surface area contributed by atoms with Crippen LogP contribution in [-0.4, -0.2) is 291 Å². The van der Waals surface area contributed by atoms with Crippen LogP contribution in [0.25, 0.3) is 89.2 Å². The van der Waals surface area contributed by atoms with E-state index in [2.05, 4.69) is 211 Å². The highest BCUT2D eigenvalue weighted by molar-refractivity contribution is 6.10. The van der Waals surface area contributed by atoms with E-state index in [1.807, 2.05) is 190 Å². The number of allylic oxidation sites excluding steroid dienone is 4. The maximum atomic E-state index is 13.2. The molecule has 0 bridgehead atoms. The fourth-order valence-corrected chi connectivity index (χ4v) is 19.4. The summed E-state index contributed by atoms with van der Waals surface area (Å²) < 4.78 is 17.7. The highest BCUT2D eigenvalue weighted by Gasteiger charge is 2.35. The van der Waals surface area contributed by atoms with Crippen LogP contribution in [0.3, 0.4) is 0 Å². The lowest BCUT2D eigenvalue weighted by atomic mass is 9.96. The average Bonchev–Trinajstić information content (AvgIpc) is 1.65. The second kappa shape index (κ2) is 44.4. The van der Waals surface area contributed by atoms with Crippen LogP contribution >= 0.6 is 0 Å². The van der Waals surface area contributed by atoms with Gasteiger partial charge >= 0.3 is 0 Å². The van der Waals surface area contributed by atoms with E-state index in [0.29, 0.717) is 143 Å². The van der Waals surface area contributed by atoms with Crippen LogP contribution in [-0.2, 0) is 54.8 Å². The number of hydrogen-bond donors (Lipinski definition) is 8. The molecule has 0 unspecified atom stereocenters. The van der Waals surface area contributed by atoms with Crippen molar-refractivity contribution in [3.05, 3.63) is 167 Å². The fourth-order valence-electron chi connectivity index (χ4n) is 19.4. The fraction of sp³-hybridized carbons (Fsp3) is 0.400. The molecule has 8 aliphatic heterocycles. The van der Waals surface area contributed by atoms with Crippen LogP contribution in [0.15, 0.2) is 167 Å².